The summed E-state index contributed by atoms with van der Waals surface area (Å²) in [4.78, 5) is 9.31. The molecule has 1 aromatic heterocycles. The minimum atomic E-state index is 0.420. The minimum absolute atomic E-state index is 0.420. The van der Waals surface area contributed by atoms with Crippen LogP contribution in [-0.4, -0.2) is 15.0 Å². The van der Waals surface area contributed by atoms with E-state index in [9.17, 15) is 0 Å². The van der Waals surface area contributed by atoms with Crippen molar-refractivity contribution in [3.05, 3.63) is 13.4 Å². The Morgan fingerprint density at radius 1 is 1.33 bits per heavy atom. The smallest absolute Gasteiger partial charge is 0.201 e. The fourth-order valence-corrected chi connectivity index (χ4v) is 1.68. The van der Waals surface area contributed by atoms with Crippen molar-refractivity contribution in [3.8, 4) is 0 Å². The van der Waals surface area contributed by atoms with Crippen molar-refractivity contribution in [1.29, 1.82) is 0 Å². The molecule has 0 spiro atoms. The molecule has 0 aliphatic carbocycles. The molecule has 0 aliphatic rings. The summed E-state index contributed by atoms with van der Waals surface area (Å²) in [6, 6.07) is 0. The summed E-state index contributed by atoms with van der Waals surface area (Å²) in [6.07, 6.45) is 0. The zero-order valence-corrected chi connectivity index (χ0v) is 7.93. The maximum atomic E-state index is 4.76. The van der Waals surface area contributed by atoms with Crippen molar-refractivity contribution < 1.29 is 0 Å². The fourth-order valence-electron chi connectivity index (χ4n) is 0.367. The number of nitrogens with one attached hydrogen (secondary N) is 2. The first kappa shape index (κ1) is 7.29. The molecule has 0 amide bonds. The Bertz CT molecular complexity index is 285. The van der Waals surface area contributed by atoms with Gasteiger partial charge in [-0.2, -0.15) is 4.98 Å². The first-order valence-corrected chi connectivity index (χ1v) is 3.94. The zero-order chi connectivity index (χ0) is 6.85. The third-order valence-electron chi connectivity index (χ3n) is 0.637. The van der Waals surface area contributed by atoms with E-state index in [0.717, 1.165) is 0 Å². The van der Waals surface area contributed by atoms with Crippen LogP contribution >= 0.6 is 47.0 Å². The van der Waals surface area contributed by atoms with E-state index in [-0.39, 0.29) is 0 Å². The molecule has 1 heterocycles. The molecular formula is C3H2IN3S2. The molecule has 1 aromatic rings. The van der Waals surface area contributed by atoms with Crippen LogP contribution in [0.3, 0.4) is 0 Å². The standard InChI is InChI=1S/C3H2IN3S2/c4-1-5-2(8)7-3(9)6-1/h(H2,5,6,7,8,9). The van der Waals surface area contributed by atoms with E-state index >= 15 is 0 Å². The van der Waals surface area contributed by atoms with E-state index in [1.165, 1.54) is 0 Å². The van der Waals surface area contributed by atoms with Gasteiger partial charge in [-0.1, -0.05) is 0 Å². The van der Waals surface area contributed by atoms with Gasteiger partial charge in [-0.3, -0.25) is 0 Å². The van der Waals surface area contributed by atoms with E-state index in [1.807, 2.05) is 22.6 Å². The third-order valence-corrected chi connectivity index (χ3v) is 1.55. The number of rotatable bonds is 0. The Kier molecular flexibility index (Phi) is 2.30. The van der Waals surface area contributed by atoms with Gasteiger partial charge >= 0.3 is 0 Å². The van der Waals surface area contributed by atoms with Gasteiger partial charge in [0.25, 0.3) is 0 Å². The highest BCUT2D eigenvalue weighted by Crippen LogP contribution is 1.91. The van der Waals surface area contributed by atoms with Crippen LogP contribution in [0.1, 0.15) is 0 Å². The van der Waals surface area contributed by atoms with Gasteiger partial charge in [0.1, 0.15) is 0 Å². The molecule has 0 saturated carbocycles. The topological polar surface area (TPSA) is 44.5 Å². The van der Waals surface area contributed by atoms with Gasteiger partial charge in [-0.25, -0.2) is 0 Å². The summed E-state index contributed by atoms with van der Waals surface area (Å²) < 4.78 is 1.64. The number of aromatic amines is 2. The van der Waals surface area contributed by atoms with E-state index < -0.39 is 0 Å². The van der Waals surface area contributed by atoms with Crippen LogP contribution in [0.15, 0.2) is 0 Å². The van der Waals surface area contributed by atoms with Crippen LogP contribution in [0, 0.1) is 13.4 Å². The lowest BCUT2D eigenvalue weighted by Crippen LogP contribution is -1.90. The molecule has 1 rings (SSSR count). The van der Waals surface area contributed by atoms with Gasteiger partial charge in [0, 0.05) is 0 Å². The monoisotopic (exact) mass is 271 g/mol. The molecular weight excluding hydrogens is 269 g/mol. The van der Waals surface area contributed by atoms with Crippen molar-refractivity contribution in [2.45, 2.75) is 0 Å². The highest BCUT2D eigenvalue weighted by molar-refractivity contribution is 14.1. The van der Waals surface area contributed by atoms with Crippen LogP contribution in [-0.2, 0) is 0 Å². The van der Waals surface area contributed by atoms with Gasteiger partial charge in [0.05, 0.1) is 0 Å². The molecule has 48 valence electrons. The van der Waals surface area contributed by atoms with Crippen molar-refractivity contribution in [1.82, 2.24) is 15.0 Å². The highest BCUT2D eigenvalue weighted by Gasteiger charge is 1.84. The second kappa shape index (κ2) is 2.84. The molecule has 0 radical (unpaired) electrons. The number of halogens is 1. The maximum absolute atomic E-state index is 4.76. The number of aromatic nitrogens is 3. The predicted octanol–water partition coefficient (Wildman–Crippen LogP) is 1.80. The summed E-state index contributed by atoms with van der Waals surface area (Å²) in [5, 5.41) is 0. The summed E-state index contributed by atoms with van der Waals surface area (Å²) in [7, 11) is 0. The molecule has 3 nitrogen and oxygen atoms in total. The lowest BCUT2D eigenvalue weighted by Gasteiger charge is -1.86. The molecule has 6 heteroatoms. The van der Waals surface area contributed by atoms with Gasteiger partial charge in [0.2, 0.25) is 4.77 Å². The Labute approximate surface area is 75.1 Å². The molecule has 0 aliphatic heterocycles. The first-order chi connectivity index (χ1) is 4.18. The number of nitrogens with zero attached hydrogens (tertiary/aromatic N) is 1. The first-order valence-electron chi connectivity index (χ1n) is 2.04. The van der Waals surface area contributed by atoms with Gasteiger partial charge in [0.15, 0.2) is 8.60 Å². The molecule has 0 saturated heterocycles. The van der Waals surface area contributed by atoms with Crippen LogP contribution in [0.4, 0.5) is 0 Å². The molecule has 2 N–H and O–H groups in total. The maximum Gasteiger partial charge on any atom is 0.201 e. The summed E-state index contributed by atoms with van der Waals surface area (Å²) in [5.74, 6) is 0. The van der Waals surface area contributed by atoms with Crippen LogP contribution in [0.25, 0.3) is 0 Å². The van der Waals surface area contributed by atoms with E-state index in [0.29, 0.717) is 13.4 Å². The van der Waals surface area contributed by atoms with Crippen LogP contribution in [0.5, 0.6) is 0 Å². The van der Waals surface area contributed by atoms with Crippen LogP contribution in [0.2, 0.25) is 0 Å². The second-order valence-corrected chi connectivity index (χ2v) is 3.10. The predicted molar refractivity (Wildman–Crippen MR) is 47.3 cm³/mol. The Hall–Kier alpha value is 0.180. The zero-order valence-electron chi connectivity index (χ0n) is 4.14. The highest BCUT2D eigenvalue weighted by atomic mass is 127. The largest absolute Gasteiger partial charge is 0.312 e. The van der Waals surface area contributed by atoms with Crippen LogP contribution < -0.4 is 0 Å². The Balaban J connectivity index is 3.52. The number of hydrogen-bond donors (Lipinski definition) is 2. The number of hydrogen-bond acceptors (Lipinski definition) is 3. The second-order valence-electron chi connectivity index (χ2n) is 1.29. The molecule has 0 fully saturated rings. The summed E-state index contributed by atoms with van der Waals surface area (Å²) in [6.45, 7) is 0. The molecule has 0 bridgehead atoms. The van der Waals surface area contributed by atoms with Crippen molar-refractivity contribution in [2.24, 2.45) is 0 Å². The third kappa shape index (κ3) is 2.11. The Morgan fingerprint density at radius 2 is 2.00 bits per heavy atom. The summed E-state index contributed by atoms with van der Waals surface area (Å²) >= 11 is 11.5. The van der Waals surface area contributed by atoms with E-state index in [4.69, 9.17) is 24.4 Å². The van der Waals surface area contributed by atoms with Gasteiger partial charge in [-0.05, 0) is 47.0 Å². The van der Waals surface area contributed by atoms with Gasteiger partial charge in [-0.15, -0.1) is 0 Å². The SMILES string of the molecule is S=c1nc(I)[nH]c(=S)[nH]1. The molecule has 0 unspecified atom stereocenters. The quantitative estimate of drug-likeness (QED) is 0.558. The average molecular weight is 271 g/mol. The average Bonchev–Trinajstić information content (AvgIpc) is 1.59. The molecule has 0 atom stereocenters. The normalized spacial score (nSPS) is 9.44. The van der Waals surface area contributed by atoms with E-state index in [1.54, 1.807) is 0 Å². The Morgan fingerprint density at radius 3 is 2.44 bits per heavy atom. The van der Waals surface area contributed by atoms with Crippen molar-refractivity contribution in [2.75, 3.05) is 0 Å². The summed E-state index contributed by atoms with van der Waals surface area (Å²) in [5.41, 5.74) is 0. The lowest BCUT2D eigenvalue weighted by atomic mass is 11.1. The van der Waals surface area contributed by atoms with E-state index in [2.05, 4.69) is 15.0 Å². The fraction of sp³-hybridized carbons (Fsp3) is 0. The number of H-pyrrole nitrogens is 2. The molecule has 0 aromatic carbocycles. The van der Waals surface area contributed by atoms with Gasteiger partial charge < -0.3 is 9.97 Å². The lowest BCUT2D eigenvalue weighted by molar-refractivity contribution is 0.965. The van der Waals surface area contributed by atoms with Crippen molar-refractivity contribution in [3.63, 3.8) is 0 Å². The molecule has 9 heavy (non-hydrogen) atoms. The van der Waals surface area contributed by atoms with Crippen molar-refractivity contribution >= 4 is 47.0 Å². The minimum Gasteiger partial charge on any atom is -0.312 e.